The largest absolute Gasteiger partial charge is 0.385 e. The van der Waals surface area contributed by atoms with Crippen LogP contribution in [0.1, 0.15) is 46.0 Å². The summed E-state index contributed by atoms with van der Waals surface area (Å²) in [4.78, 5) is 2.58. The van der Waals surface area contributed by atoms with Crippen molar-refractivity contribution in [3.63, 3.8) is 0 Å². The van der Waals surface area contributed by atoms with Crippen molar-refractivity contribution in [1.82, 2.24) is 4.90 Å². The van der Waals surface area contributed by atoms with Gasteiger partial charge in [-0.3, -0.25) is 4.90 Å². The fourth-order valence-electron chi connectivity index (χ4n) is 3.68. The Morgan fingerprint density at radius 1 is 1.10 bits per heavy atom. The fourth-order valence-corrected chi connectivity index (χ4v) is 3.68. The zero-order valence-electron chi connectivity index (χ0n) is 14.6. The fraction of sp³-hybridized carbons (Fsp3) is 1.00. The zero-order valence-corrected chi connectivity index (χ0v) is 14.6. The topological polar surface area (TPSA) is 47.7 Å². The third-order valence-corrected chi connectivity index (χ3v) is 5.30. The predicted octanol–water partition coefficient (Wildman–Crippen LogP) is 2.51. The number of hydrogen-bond acceptors (Lipinski definition) is 4. The molecule has 0 bridgehead atoms. The van der Waals surface area contributed by atoms with E-state index in [1.807, 2.05) is 0 Å². The maximum absolute atomic E-state index is 6.22. The molecule has 0 aromatic carbocycles. The summed E-state index contributed by atoms with van der Waals surface area (Å²) in [6.07, 6.45) is 6.13. The van der Waals surface area contributed by atoms with E-state index in [1.54, 1.807) is 14.2 Å². The van der Waals surface area contributed by atoms with Gasteiger partial charge in [-0.15, -0.1) is 0 Å². The van der Waals surface area contributed by atoms with Crippen molar-refractivity contribution in [1.29, 1.82) is 0 Å². The molecule has 0 atom stereocenters. The smallest absolute Gasteiger partial charge is 0.0589 e. The molecule has 1 aliphatic carbocycles. The lowest BCUT2D eigenvalue weighted by molar-refractivity contribution is 0.0119. The Hall–Kier alpha value is -0.160. The monoisotopic (exact) mass is 300 g/mol. The van der Waals surface area contributed by atoms with Crippen LogP contribution in [0.5, 0.6) is 0 Å². The molecule has 0 aliphatic heterocycles. The molecule has 0 unspecified atom stereocenters. The SMILES string of the molecule is COCCCN(CCOC)C1(CN)CCC(C(C)C)CC1. The van der Waals surface area contributed by atoms with Gasteiger partial charge in [0.1, 0.15) is 0 Å². The van der Waals surface area contributed by atoms with E-state index >= 15 is 0 Å². The normalized spacial score (nSPS) is 26.7. The van der Waals surface area contributed by atoms with Crippen LogP contribution >= 0.6 is 0 Å². The molecule has 0 heterocycles. The Balaban J connectivity index is 2.66. The van der Waals surface area contributed by atoms with Gasteiger partial charge in [0.2, 0.25) is 0 Å². The summed E-state index contributed by atoms with van der Waals surface area (Å²) in [5.74, 6) is 1.66. The summed E-state index contributed by atoms with van der Waals surface area (Å²) in [5, 5.41) is 0. The number of ether oxygens (including phenoxy) is 2. The van der Waals surface area contributed by atoms with Gasteiger partial charge in [-0.25, -0.2) is 0 Å². The van der Waals surface area contributed by atoms with Gasteiger partial charge < -0.3 is 15.2 Å². The van der Waals surface area contributed by atoms with Crippen molar-refractivity contribution in [2.45, 2.75) is 51.5 Å². The van der Waals surface area contributed by atoms with E-state index in [0.29, 0.717) is 0 Å². The van der Waals surface area contributed by atoms with Gasteiger partial charge in [-0.2, -0.15) is 0 Å². The number of methoxy groups -OCH3 is 2. The van der Waals surface area contributed by atoms with Crippen molar-refractivity contribution >= 4 is 0 Å². The maximum Gasteiger partial charge on any atom is 0.0589 e. The second kappa shape index (κ2) is 9.78. The first-order chi connectivity index (χ1) is 10.1. The molecular weight excluding hydrogens is 264 g/mol. The van der Waals surface area contributed by atoms with Crippen LogP contribution in [-0.2, 0) is 9.47 Å². The van der Waals surface area contributed by atoms with Crippen molar-refractivity contribution in [2.24, 2.45) is 17.6 Å². The van der Waals surface area contributed by atoms with Crippen LogP contribution in [0.25, 0.3) is 0 Å². The maximum atomic E-state index is 6.22. The molecule has 1 fully saturated rings. The Kier molecular flexibility index (Phi) is 8.79. The second-order valence-corrected chi connectivity index (χ2v) is 6.84. The molecule has 4 nitrogen and oxygen atoms in total. The predicted molar refractivity (Wildman–Crippen MR) is 88.5 cm³/mol. The summed E-state index contributed by atoms with van der Waals surface area (Å²) in [7, 11) is 3.55. The first-order valence-electron chi connectivity index (χ1n) is 8.52. The highest BCUT2D eigenvalue weighted by atomic mass is 16.5. The summed E-state index contributed by atoms with van der Waals surface area (Å²) < 4.78 is 10.5. The minimum absolute atomic E-state index is 0.178. The number of nitrogens with two attached hydrogens (primary N) is 1. The molecule has 126 valence electrons. The molecule has 0 spiro atoms. The van der Waals surface area contributed by atoms with E-state index in [4.69, 9.17) is 15.2 Å². The lowest BCUT2D eigenvalue weighted by Gasteiger charge is -2.48. The van der Waals surface area contributed by atoms with Crippen LogP contribution in [0.15, 0.2) is 0 Å². The Morgan fingerprint density at radius 3 is 2.19 bits per heavy atom. The van der Waals surface area contributed by atoms with Crippen LogP contribution in [0, 0.1) is 11.8 Å². The molecule has 0 saturated heterocycles. The van der Waals surface area contributed by atoms with E-state index in [2.05, 4.69) is 18.7 Å². The number of hydrogen-bond donors (Lipinski definition) is 1. The molecule has 4 heteroatoms. The molecule has 0 aromatic rings. The summed E-state index contributed by atoms with van der Waals surface area (Å²) >= 11 is 0. The molecule has 21 heavy (non-hydrogen) atoms. The van der Waals surface area contributed by atoms with E-state index in [9.17, 15) is 0 Å². The summed E-state index contributed by atoms with van der Waals surface area (Å²) in [6, 6.07) is 0. The molecule has 1 rings (SSSR count). The Bertz CT molecular complexity index is 264. The van der Waals surface area contributed by atoms with Gasteiger partial charge in [-0.05, 0) is 43.9 Å². The molecule has 0 amide bonds. The highest BCUT2D eigenvalue weighted by Crippen LogP contribution is 2.38. The van der Waals surface area contributed by atoms with Gasteiger partial charge in [0.25, 0.3) is 0 Å². The third-order valence-electron chi connectivity index (χ3n) is 5.30. The van der Waals surface area contributed by atoms with Crippen molar-refractivity contribution in [3.8, 4) is 0 Å². The average molecular weight is 300 g/mol. The number of rotatable bonds is 10. The van der Waals surface area contributed by atoms with Crippen LogP contribution in [-0.4, -0.2) is 57.5 Å². The number of nitrogens with zero attached hydrogens (tertiary/aromatic N) is 1. The third kappa shape index (κ3) is 5.51. The van der Waals surface area contributed by atoms with E-state index in [-0.39, 0.29) is 5.54 Å². The van der Waals surface area contributed by atoms with Gasteiger partial charge in [0, 0.05) is 46.0 Å². The van der Waals surface area contributed by atoms with Crippen LogP contribution in [0.3, 0.4) is 0 Å². The molecule has 0 aromatic heterocycles. The van der Waals surface area contributed by atoms with Gasteiger partial charge >= 0.3 is 0 Å². The van der Waals surface area contributed by atoms with Gasteiger partial charge in [-0.1, -0.05) is 13.8 Å². The van der Waals surface area contributed by atoms with Crippen LogP contribution < -0.4 is 5.73 Å². The molecular formula is C17H36N2O2. The minimum Gasteiger partial charge on any atom is -0.385 e. The highest BCUT2D eigenvalue weighted by molar-refractivity contribution is 4.96. The lowest BCUT2D eigenvalue weighted by atomic mass is 9.72. The first kappa shape index (κ1) is 18.9. The standard InChI is InChI=1S/C17H36N2O2/c1-15(2)16-6-8-17(14-18,9-7-16)19(11-13-21-4)10-5-12-20-3/h15-16H,5-14,18H2,1-4H3. The first-order valence-corrected chi connectivity index (χ1v) is 8.52. The van der Waals surface area contributed by atoms with E-state index in [1.165, 1.54) is 25.7 Å². The van der Waals surface area contributed by atoms with Crippen molar-refractivity contribution in [3.05, 3.63) is 0 Å². The summed E-state index contributed by atoms with van der Waals surface area (Å²) in [6.45, 7) is 9.09. The second-order valence-electron chi connectivity index (χ2n) is 6.84. The molecule has 1 saturated carbocycles. The Labute approximate surface area is 131 Å². The van der Waals surface area contributed by atoms with E-state index < -0.39 is 0 Å². The van der Waals surface area contributed by atoms with Crippen LogP contribution in [0.4, 0.5) is 0 Å². The van der Waals surface area contributed by atoms with Crippen molar-refractivity contribution in [2.75, 3.05) is 47.1 Å². The Morgan fingerprint density at radius 2 is 1.71 bits per heavy atom. The van der Waals surface area contributed by atoms with Gasteiger partial charge in [0.05, 0.1) is 6.61 Å². The highest BCUT2D eigenvalue weighted by Gasteiger charge is 2.39. The van der Waals surface area contributed by atoms with E-state index in [0.717, 1.165) is 51.1 Å². The molecule has 0 radical (unpaired) electrons. The van der Waals surface area contributed by atoms with Gasteiger partial charge in [0.15, 0.2) is 0 Å². The van der Waals surface area contributed by atoms with Crippen molar-refractivity contribution < 1.29 is 9.47 Å². The zero-order chi connectivity index (χ0) is 15.7. The summed E-state index contributed by atoms with van der Waals surface area (Å²) in [5.41, 5.74) is 6.40. The minimum atomic E-state index is 0.178. The van der Waals surface area contributed by atoms with Crippen LogP contribution in [0.2, 0.25) is 0 Å². The average Bonchev–Trinajstić information content (AvgIpc) is 2.50. The molecule has 1 aliphatic rings. The quantitative estimate of drug-likeness (QED) is 0.630. The molecule has 2 N–H and O–H groups in total. The lowest BCUT2D eigenvalue weighted by Crippen LogP contribution is -2.57.